The first kappa shape index (κ1) is 15.0. The molecule has 2 aromatic carbocycles. The van der Waals surface area contributed by atoms with Crippen molar-refractivity contribution in [3.8, 4) is 0 Å². The molecule has 2 N–H and O–H groups in total. The van der Waals surface area contributed by atoms with E-state index in [2.05, 4.69) is 0 Å². The van der Waals surface area contributed by atoms with Crippen LogP contribution in [-0.2, 0) is 18.0 Å². The van der Waals surface area contributed by atoms with Crippen molar-refractivity contribution in [2.45, 2.75) is 13.2 Å². The highest BCUT2D eigenvalue weighted by Crippen LogP contribution is 2.16. The van der Waals surface area contributed by atoms with Gasteiger partial charge in [-0.15, -0.1) is 0 Å². The minimum absolute atomic E-state index is 0.101. The second-order valence-electron chi connectivity index (χ2n) is 4.30. The molecule has 104 valence electrons. The molecule has 0 saturated carbocycles. The van der Waals surface area contributed by atoms with Gasteiger partial charge in [0.1, 0.15) is 5.82 Å². The lowest BCUT2D eigenvalue weighted by molar-refractivity contribution is 0.107. The maximum Gasteiger partial charge on any atom is 0.488 e. The molecule has 2 aromatic rings. The second-order valence-corrected chi connectivity index (χ2v) is 4.71. The highest BCUT2D eigenvalue weighted by molar-refractivity contribution is 6.59. The standard InChI is InChI=1S/C14H13BClFO3/c16-14-4-2-1-3-11(14)9-20-8-10-5-6-12(17)7-13(10)15(18)19/h1-7,18-19H,8-9H2. The van der Waals surface area contributed by atoms with Crippen molar-refractivity contribution in [1.82, 2.24) is 0 Å². The topological polar surface area (TPSA) is 49.7 Å². The van der Waals surface area contributed by atoms with Crippen LogP contribution in [0.2, 0.25) is 5.02 Å². The molecule has 0 saturated heterocycles. The van der Waals surface area contributed by atoms with Gasteiger partial charge in [-0.2, -0.15) is 0 Å². The predicted molar refractivity (Wildman–Crippen MR) is 76.2 cm³/mol. The van der Waals surface area contributed by atoms with E-state index in [4.69, 9.17) is 16.3 Å². The fourth-order valence-corrected chi connectivity index (χ4v) is 2.01. The van der Waals surface area contributed by atoms with Gasteiger partial charge in [0.05, 0.1) is 13.2 Å². The van der Waals surface area contributed by atoms with Gasteiger partial charge >= 0.3 is 7.12 Å². The van der Waals surface area contributed by atoms with Gasteiger partial charge in [-0.1, -0.05) is 35.9 Å². The number of rotatable bonds is 5. The summed E-state index contributed by atoms with van der Waals surface area (Å²) in [5, 5.41) is 19.0. The van der Waals surface area contributed by atoms with Crippen LogP contribution in [0.1, 0.15) is 11.1 Å². The molecule has 0 aromatic heterocycles. The normalized spacial score (nSPS) is 10.6. The third-order valence-corrected chi connectivity index (χ3v) is 3.23. The van der Waals surface area contributed by atoms with Crippen molar-refractivity contribution < 1.29 is 19.2 Å². The Kier molecular flexibility index (Phi) is 5.14. The van der Waals surface area contributed by atoms with E-state index in [0.717, 1.165) is 11.6 Å². The van der Waals surface area contributed by atoms with Crippen LogP contribution < -0.4 is 5.46 Å². The first-order valence-electron chi connectivity index (χ1n) is 6.03. The Bertz CT molecular complexity index is 592. The van der Waals surface area contributed by atoms with Crippen molar-refractivity contribution in [3.05, 3.63) is 64.4 Å². The van der Waals surface area contributed by atoms with Gasteiger partial charge in [0.25, 0.3) is 0 Å². The summed E-state index contributed by atoms with van der Waals surface area (Å²) in [6, 6.07) is 11.1. The summed E-state index contributed by atoms with van der Waals surface area (Å²) < 4.78 is 18.6. The van der Waals surface area contributed by atoms with Crippen LogP contribution in [0.15, 0.2) is 42.5 Å². The van der Waals surface area contributed by atoms with Crippen LogP contribution in [0.25, 0.3) is 0 Å². The van der Waals surface area contributed by atoms with Gasteiger partial charge < -0.3 is 14.8 Å². The van der Waals surface area contributed by atoms with Gasteiger partial charge in [0, 0.05) is 5.02 Å². The number of benzene rings is 2. The molecule has 20 heavy (non-hydrogen) atoms. The largest absolute Gasteiger partial charge is 0.488 e. The van der Waals surface area contributed by atoms with Gasteiger partial charge in [-0.25, -0.2) is 4.39 Å². The monoisotopic (exact) mass is 294 g/mol. The number of hydrogen-bond donors (Lipinski definition) is 2. The van der Waals surface area contributed by atoms with E-state index >= 15 is 0 Å². The van der Waals surface area contributed by atoms with Gasteiger partial charge in [-0.3, -0.25) is 0 Å². The number of ether oxygens (including phenoxy) is 1. The lowest BCUT2D eigenvalue weighted by Crippen LogP contribution is -2.33. The molecule has 0 atom stereocenters. The van der Waals surface area contributed by atoms with Crippen LogP contribution >= 0.6 is 11.6 Å². The summed E-state index contributed by atoms with van der Waals surface area (Å²) in [6.45, 7) is 0.427. The van der Waals surface area contributed by atoms with Crippen LogP contribution in [0, 0.1) is 5.82 Å². The second kappa shape index (κ2) is 6.86. The summed E-state index contributed by atoms with van der Waals surface area (Å²) in [4.78, 5) is 0. The number of halogens is 2. The highest BCUT2D eigenvalue weighted by atomic mass is 35.5. The van der Waals surface area contributed by atoms with Gasteiger partial charge in [-0.05, 0) is 34.8 Å². The Morgan fingerprint density at radius 2 is 1.75 bits per heavy atom. The zero-order valence-corrected chi connectivity index (χ0v) is 11.3. The molecule has 6 heteroatoms. The Labute approximate surface area is 121 Å². The molecule has 2 rings (SSSR count). The molecule has 3 nitrogen and oxygen atoms in total. The van der Waals surface area contributed by atoms with Gasteiger partial charge in [0.15, 0.2) is 0 Å². The molecule has 0 amide bonds. The maximum absolute atomic E-state index is 13.1. The Morgan fingerprint density at radius 1 is 1.05 bits per heavy atom. The zero-order valence-electron chi connectivity index (χ0n) is 10.6. The quantitative estimate of drug-likeness (QED) is 0.828. The van der Waals surface area contributed by atoms with E-state index in [1.807, 2.05) is 18.2 Å². The molecular weight excluding hydrogens is 281 g/mol. The van der Waals surface area contributed by atoms with E-state index in [0.29, 0.717) is 10.6 Å². The SMILES string of the molecule is OB(O)c1cc(F)ccc1COCc1ccccc1Cl. The Hall–Kier alpha value is -1.40. The molecule has 0 fully saturated rings. The van der Waals surface area contributed by atoms with Crippen LogP contribution in [0.4, 0.5) is 4.39 Å². The molecule has 0 aliphatic rings. The van der Waals surface area contributed by atoms with Crippen molar-refractivity contribution in [3.63, 3.8) is 0 Å². The average Bonchev–Trinajstić information content (AvgIpc) is 2.42. The average molecular weight is 295 g/mol. The molecule has 0 unspecified atom stereocenters. The first-order chi connectivity index (χ1) is 9.58. The van der Waals surface area contributed by atoms with Crippen molar-refractivity contribution in [1.29, 1.82) is 0 Å². The fourth-order valence-electron chi connectivity index (χ4n) is 1.82. The summed E-state index contributed by atoms with van der Waals surface area (Å²) in [5.41, 5.74) is 1.46. The van der Waals surface area contributed by atoms with E-state index in [9.17, 15) is 14.4 Å². The fraction of sp³-hybridized carbons (Fsp3) is 0.143. The summed E-state index contributed by atoms with van der Waals surface area (Å²) in [6.07, 6.45) is 0. The molecule has 0 aliphatic heterocycles. The molecule has 0 heterocycles. The predicted octanol–water partition coefficient (Wildman–Crippen LogP) is 1.88. The zero-order chi connectivity index (χ0) is 14.5. The van der Waals surface area contributed by atoms with Crippen molar-refractivity contribution >= 4 is 24.2 Å². The lowest BCUT2D eigenvalue weighted by atomic mass is 9.77. The van der Waals surface area contributed by atoms with E-state index in [1.54, 1.807) is 6.07 Å². The third-order valence-electron chi connectivity index (χ3n) is 2.86. The molecule has 0 radical (unpaired) electrons. The highest BCUT2D eigenvalue weighted by Gasteiger charge is 2.16. The molecule has 0 spiro atoms. The van der Waals surface area contributed by atoms with Gasteiger partial charge in [0.2, 0.25) is 0 Å². The lowest BCUT2D eigenvalue weighted by Gasteiger charge is -2.10. The minimum Gasteiger partial charge on any atom is -0.423 e. The smallest absolute Gasteiger partial charge is 0.423 e. The minimum atomic E-state index is -1.73. The van der Waals surface area contributed by atoms with Crippen LogP contribution in [-0.4, -0.2) is 17.2 Å². The van der Waals surface area contributed by atoms with E-state index in [1.165, 1.54) is 12.1 Å². The van der Waals surface area contributed by atoms with E-state index < -0.39 is 12.9 Å². The van der Waals surface area contributed by atoms with Crippen LogP contribution in [0.3, 0.4) is 0 Å². The summed E-state index contributed by atoms with van der Waals surface area (Å²) >= 11 is 6.00. The summed E-state index contributed by atoms with van der Waals surface area (Å²) in [7, 11) is -1.73. The van der Waals surface area contributed by atoms with Crippen LogP contribution in [0.5, 0.6) is 0 Å². The first-order valence-corrected chi connectivity index (χ1v) is 6.41. The molecule has 0 aliphatic carbocycles. The molecular formula is C14H13BClFO3. The Morgan fingerprint density at radius 3 is 2.45 bits per heavy atom. The number of hydrogen-bond acceptors (Lipinski definition) is 3. The van der Waals surface area contributed by atoms with Crippen molar-refractivity contribution in [2.24, 2.45) is 0 Å². The van der Waals surface area contributed by atoms with E-state index in [-0.39, 0.29) is 18.7 Å². The molecule has 0 bridgehead atoms. The summed E-state index contributed by atoms with van der Waals surface area (Å²) in [5.74, 6) is -0.525. The maximum atomic E-state index is 13.1. The Balaban J connectivity index is 2.03. The van der Waals surface area contributed by atoms with Crippen molar-refractivity contribution in [2.75, 3.05) is 0 Å². The third kappa shape index (κ3) is 3.80.